The van der Waals surface area contributed by atoms with Gasteiger partial charge in [-0.3, -0.25) is 4.79 Å². The lowest BCUT2D eigenvalue weighted by Crippen LogP contribution is -2.17. The minimum absolute atomic E-state index is 0.225. The number of benzene rings is 3. The van der Waals surface area contributed by atoms with E-state index in [1.54, 1.807) is 18.3 Å². The molecule has 3 rings (SSSR count). The van der Waals surface area contributed by atoms with E-state index in [0.29, 0.717) is 5.56 Å². The van der Waals surface area contributed by atoms with Crippen LogP contribution in [0.5, 0.6) is 0 Å². The molecule has 0 unspecified atom stereocenters. The second-order valence-corrected chi connectivity index (χ2v) is 5.05. The van der Waals surface area contributed by atoms with Crippen LogP contribution in [0.1, 0.15) is 15.9 Å². The summed E-state index contributed by atoms with van der Waals surface area (Å²) in [5.41, 5.74) is 6.26. The Kier molecular flexibility index (Phi) is 4.60. The summed E-state index contributed by atoms with van der Waals surface area (Å²) in [6.45, 7) is 0. The summed E-state index contributed by atoms with van der Waals surface area (Å²) in [5, 5.41) is 3.97. The molecule has 0 saturated heterocycles. The topological polar surface area (TPSA) is 41.5 Å². The Bertz CT molecular complexity index is 794. The van der Waals surface area contributed by atoms with Gasteiger partial charge in [-0.25, -0.2) is 5.43 Å². The van der Waals surface area contributed by atoms with E-state index < -0.39 is 0 Å². The van der Waals surface area contributed by atoms with Gasteiger partial charge in [0.15, 0.2) is 0 Å². The van der Waals surface area contributed by atoms with Crippen molar-refractivity contribution in [2.45, 2.75) is 0 Å². The lowest BCUT2D eigenvalue weighted by atomic mass is 10.0. The van der Waals surface area contributed by atoms with Crippen LogP contribution in [0.25, 0.3) is 11.1 Å². The highest BCUT2D eigenvalue weighted by Crippen LogP contribution is 2.19. The summed E-state index contributed by atoms with van der Waals surface area (Å²) in [6, 6.07) is 27.1. The molecular formula is C20H16N2O. The Hall–Kier alpha value is -3.20. The summed E-state index contributed by atoms with van der Waals surface area (Å²) in [7, 11) is 0. The number of hydrogen-bond donors (Lipinski definition) is 1. The second-order valence-electron chi connectivity index (χ2n) is 5.05. The molecule has 3 nitrogen and oxygen atoms in total. The number of amides is 1. The van der Waals surface area contributed by atoms with Gasteiger partial charge in [0, 0.05) is 5.56 Å². The molecule has 0 heterocycles. The summed E-state index contributed by atoms with van der Waals surface area (Å²) in [4.78, 5) is 12.1. The van der Waals surface area contributed by atoms with Gasteiger partial charge < -0.3 is 0 Å². The van der Waals surface area contributed by atoms with Crippen LogP contribution in [0.3, 0.4) is 0 Å². The summed E-state index contributed by atoms with van der Waals surface area (Å²) in [5.74, 6) is -0.225. The number of hydrogen-bond acceptors (Lipinski definition) is 2. The zero-order chi connectivity index (χ0) is 15.9. The Morgan fingerprint density at radius 1 is 0.739 bits per heavy atom. The van der Waals surface area contributed by atoms with Crippen LogP contribution in [-0.2, 0) is 0 Å². The van der Waals surface area contributed by atoms with Gasteiger partial charge in [-0.1, -0.05) is 72.8 Å². The van der Waals surface area contributed by atoms with Crippen LogP contribution in [0.2, 0.25) is 0 Å². The van der Waals surface area contributed by atoms with Crippen LogP contribution in [-0.4, -0.2) is 12.1 Å². The third-order valence-corrected chi connectivity index (χ3v) is 3.43. The molecule has 0 bridgehead atoms. The predicted molar refractivity (Wildman–Crippen MR) is 93.4 cm³/mol. The van der Waals surface area contributed by atoms with Crippen LogP contribution >= 0.6 is 0 Å². The molecule has 0 fully saturated rings. The summed E-state index contributed by atoms with van der Waals surface area (Å²) >= 11 is 0. The van der Waals surface area contributed by atoms with E-state index in [9.17, 15) is 4.79 Å². The molecule has 0 radical (unpaired) electrons. The first kappa shape index (κ1) is 14.7. The fourth-order valence-electron chi connectivity index (χ4n) is 2.21. The zero-order valence-electron chi connectivity index (χ0n) is 12.5. The highest BCUT2D eigenvalue weighted by molar-refractivity contribution is 5.95. The number of hydrazone groups is 1. The second kappa shape index (κ2) is 7.18. The minimum Gasteiger partial charge on any atom is -0.267 e. The van der Waals surface area contributed by atoms with Gasteiger partial charge in [-0.2, -0.15) is 5.10 Å². The van der Waals surface area contributed by atoms with Crippen molar-refractivity contribution >= 4 is 12.1 Å². The molecule has 23 heavy (non-hydrogen) atoms. The van der Waals surface area contributed by atoms with Crippen molar-refractivity contribution in [1.29, 1.82) is 0 Å². The van der Waals surface area contributed by atoms with Crippen molar-refractivity contribution in [3.8, 4) is 11.1 Å². The van der Waals surface area contributed by atoms with Crippen molar-refractivity contribution in [3.63, 3.8) is 0 Å². The Morgan fingerprint density at radius 2 is 1.30 bits per heavy atom. The minimum atomic E-state index is -0.225. The van der Waals surface area contributed by atoms with E-state index in [1.165, 1.54) is 0 Å². The lowest BCUT2D eigenvalue weighted by Gasteiger charge is -2.03. The molecule has 112 valence electrons. The standard InChI is InChI=1S/C20H16N2O/c23-20(22-21-15-16-7-3-1-4-8-16)19-13-11-18(12-14-19)17-9-5-2-6-10-17/h1-15H,(H,22,23). The molecule has 3 aromatic carbocycles. The predicted octanol–water partition coefficient (Wildman–Crippen LogP) is 4.12. The van der Waals surface area contributed by atoms with Crippen LogP contribution < -0.4 is 5.43 Å². The Balaban J connectivity index is 1.65. The van der Waals surface area contributed by atoms with Gasteiger partial charge in [-0.15, -0.1) is 0 Å². The van der Waals surface area contributed by atoms with E-state index in [0.717, 1.165) is 16.7 Å². The van der Waals surface area contributed by atoms with Crippen molar-refractivity contribution in [3.05, 3.63) is 96.1 Å². The van der Waals surface area contributed by atoms with Gasteiger partial charge in [0.1, 0.15) is 0 Å². The van der Waals surface area contributed by atoms with E-state index in [1.807, 2.05) is 72.8 Å². The fourth-order valence-corrected chi connectivity index (χ4v) is 2.21. The molecule has 1 N–H and O–H groups in total. The first-order chi connectivity index (χ1) is 11.3. The average molecular weight is 300 g/mol. The smallest absolute Gasteiger partial charge is 0.267 e. The molecule has 0 atom stereocenters. The first-order valence-electron chi connectivity index (χ1n) is 7.37. The SMILES string of the molecule is O=C(NN=Cc1ccccc1)c1ccc(-c2ccccc2)cc1. The molecule has 1 amide bonds. The van der Waals surface area contributed by atoms with E-state index in [2.05, 4.69) is 10.5 Å². The Labute approximate surface area is 135 Å². The van der Waals surface area contributed by atoms with Crippen molar-refractivity contribution < 1.29 is 4.79 Å². The molecule has 0 aromatic heterocycles. The third-order valence-electron chi connectivity index (χ3n) is 3.43. The molecule has 0 aliphatic carbocycles. The monoisotopic (exact) mass is 300 g/mol. The van der Waals surface area contributed by atoms with E-state index in [4.69, 9.17) is 0 Å². The van der Waals surface area contributed by atoms with Crippen LogP contribution in [0.15, 0.2) is 90.0 Å². The third kappa shape index (κ3) is 3.92. The van der Waals surface area contributed by atoms with E-state index in [-0.39, 0.29) is 5.91 Å². The van der Waals surface area contributed by atoms with Gasteiger partial charge in [-0.05, 0) is 28.8 Å². The molecule has 0 aliphatic heterocycles. The lowest BCUT2D eigenvalue weighted by molar-refractivity contribution is 0.0955. The normalized spacial score (nSPS) is 10.6. The van der Waals surface area contributed by atoms with Crippen LogP contribution in [0.4, 0.5) is 0 Å². The Morgan fingerprint density at radius 3 is 1.96 bits per heavy atom. The molecule has 3 heteroatoms. The van der Waals surface area contributed by atoms with E-state index >= 15 is 0 Å². The number of nitrogens with one attached hydrogen (secondary N) is 1. The van der Waals surface area contributed by atoms with Gasteiger partial charge in [0.2, 0.25) is 0 Å². The molecule has 0 saturated carbocycles. The number of rotatable bonds is 4. The zero-order valence-corrected chi connectivity index (χ0v) is 12.5. The summed E-state index contributed by atoms with van der Waals surface area (Å²) < 4.78 is 0. The molecule has 0 spiro atoms. The number of nitrogens with zero attached hydrogens (tertiary/aromatic N) is 1. The quantitative estimate of drug-likeness (QED) is 0.571. The fraction of sp³-hybridized carbons (Fsp3) is 0. The van der Waals surface area contributed by atoms with Crippen molar-refractivity contribution in [2.24, 2.45) is 5.10 Å². The highest BCUT2D eigenvalue weighted by Gasteiger charge is 2.04. The molecule has 0 aliphatic rings. The van der Waals surface area contributed by atoms with Gasteiger partial charge in [0.25, 0.3) is 5.91 Å². The number of carbonyl (C=O) groups is 1. The van der Waals surface area contributed by atoms with Crippen LogP contribution in [0, 0.1) is 0 Å². The first-order valence-corrected chi connectivity index (χ1v) is 7.37. The largest absolute Gasteiger partial charge is 0.271 e. The van der Waals surface area contributed by atoms with Gasteiger partial charge in [0.05, 0.1) is 6.21 Å². The number of carbonyl (C=O) groups excluding carboxylic acids is 1. The maximum absolute atomic E-state index is 12.1. The maximum atomic E-state index is 12.1. The highest BCUT2D eigenvalue weighted by atomic mass is 16.2. The molecular weight excluding hydrogens is 284 g/mol. The van der Waals surface area contributed by atoms with Crippen molar-refractivity contribution in [1.82, 2.24) is 5.43 Å². The van der Waals surface area contributed by atoms with Crippen molar-refractivity contribution in [2.75, 3.05) is 0 Å². The summed E-state index contributed by atoms with van der Waals surface area (Å²) in [6.07, 6.45) is 1.62. The van der Waals surface area contributed by atoms with Gasteiger partial charge >= 0.3 is 0 Å². The maximum Gasteiger partial charge on any atom is 0.271 e. The average Bonchev–Trinajstić information content (AvgIpc) is 2.63. The molecule has 3 aromatic rings.